The third-order valence-electron chi connectivity index (χ3n) is 5.72. The average molecular weight is 392 g/mol. The summed E-state index contributed by atoms with van der Waals surface area (Å²) in [5.41, 5.74) is -0.442. The molecule has 27 heavy (non-hydrogen) atoms. The maximum Gasteiger partial charge on any atom is 0.306 e. The standard InChI is InChI=1S/C21H29NO4S/c1-21(2,3)20(25)22-11-16-6-7-18(27-16)17(23)12-26-19(24)10-15-9-13-4-5-14(15)8-13/h6-7,13-15H,4-5,8-12H2,1-3H3,(H,22,25)/t13-,14-,15-/m1/s1. The summed E-state index contributed by atoms with van der Waals surface area (Å²) in [7, 11) is 0. The monoisotopic (exact) mass is 391 g/mol. The van der Waals surface area contributed by atoms with E-state index in [9.17, 15) is 14.4 Å². The van der Waals surface area contributed by atoms with Gasteiger partial charge in [0.15, 0.2) is 6.61 Å². The summed E-state index contributed by atoms with van der Waals surface area (Å²) in [6.45, 7) is 5.77. The van der Waals surface area contributed by atoms with Gasteiger partial charge in [0.1, 0.15) is 0 Å². The van der Waals surface area contributed by atoms with E-state index in [0.29, 0.717) is 29.7 Å². The molecule has 1 aromatic heterocycles. The van der Waals surface area contributed by atoms with Crippen LogP contribution in [0.4, 0.5) is 0 Å². The van der Waals surface area contributed by atoms with Crippen LogP contribution in [0.25, 0.3) is 0 Å². The Morgan fingerprint density at radius 3 is 2.59 bits per heavy atom. The lowest BCUT2D eigenvalue weighted by atomic mass is 9.86. The zero-order chi connectivity index (χ0) is 19.6. The average Bonchev–Trinajstić information content (AvgIpc) is 3.33. The molecule has 2 aliphatic carbocycles. The van der Waals surface area contributed by atoms with Crippen LogP contribution in [0.2, 0.25) is 0 Å². The molecule has 2 fully saturated rings. The molecule has 1 N–H and O–H groups in total. The number of rotatable bonds is 7. The molecule has 0 spiro atoms. The molecular weight excluding hydrogens is 362 g/mol. The quantitative estimate of drug-likeness (QED) is 0.564. The zero-order valence-corrected chi connectivity index (χ0v) is 17.2. The van der Waals surface area contributed by atoms with E-state index in [0.717, 1.165) is 17.2 Å². The largest absolute Gasteiger partial charge is 0.457 e. The number of hydrogen-bond donors (Lipinski definition) is 1. The van der Waals surface area contributed by atoms with E-state index in [1.807, 2.05) is 26.8 Å². The maximum absolute atomic E-state index is 12.3. The number of esters is 1. The van der Waals surface area contributed by atoms with Gasteiger partial charge in [-0.05, 0) is 49.1 Å². The van der Waals surface area contributed by atoms with E-state index in [-0.39, 0.29) is 24.3 Å². The number of carbonyl (C=O) groups is 3. The van der Waals surface area contributed by atoms with Crippen LogP contribution in [0.5, 0.6) is 0 Å². The van der Waals surface area contributed by atoms with E-state index in [4.69, 9.17) is 4.74 Å². The van der Waals surface area contributed by atoms with Crippen molar-refractivity contribution in [3.8, 4) is 0 Å². The number of Topliss-reactive ketones (excluding diaryl/α,β-unsaturated/α-hetero) is 1. The Morgan fingerprint density at radius 2 is 1.96 bits per heavy atom. The highest BCUT2D eigenvalue weighted by atomic mass is 32.1. The predicted molar refractivity (Wildman–Crippen MR) is 104 cm³/mol. The maximum atomic E-state index is 12.3. The van der Waals surface area contributed by atoms with Gasteiger partial charge in [-0.2, -0.15) is 0 Å². The van der Waals surface area contributed by atoms with E-state index in [1.165, 1.54) is 30.6 Å². The van der Waals surface area contributed by atoms with Crippen molar-refractivity contribution in [2.24, 2.45) is 23.2 Å². The topological polar surface area (TPSA) is 72.5 Å². The Labute approximate surface area is 164 Å². The highest BCUT2D eigenvalue weighted by Crippen LogP contribution is 2.49. The van der Waals surface area contributed by atoms with Gasteiger partial charge < -0.3 is 10.1 Å². The number of carbonyl (C=O) groups excluding carboxylic acids is 3. The molecule has 6 heteroatoms. The number of nitrogens with one attached hydrogen (secondary N) is 1. The third-order valence-corrected chi connectivity index (χ3v) is 6.84. The van der Waals surface area contributed by atoms with Gasteiger partial charge in [0.05, 0.1) is 11.4 Å². The van der Waals surface area contributed by atoms with Crippen LogP contribution >= 0.6 is 11.3 Å². The van der Waals surface area contributed by atoms with E-state index in [1.54, 1.807) is 6.07 Å². The highest BCUT2D eigenvalue weighted by Gasteiger charge is 2.40. The molecule has 1 amide bonds. The highest BCUT2D eigenvalue weighted by molar-refractivity contribution is 7.14. The van der Waals surface area contributed by atoms with Crippen LogP contribution in [0.1, 0.15) is 67.4 Å². The van der Waals surface area contributed by atoms with Crippen LogP contribution in [0.15, 0.2) is 12.1 Å². The van der Waals surface area contributed by atoms with Gasteiger partial charge in [0.25, 0.3) is 0 Å². The molecule has 5 nitrogen and oxygen atoms in total. The molecule has 1 heterocycles. The second-order valence-electron chi connectivity index (χ2n) is 8.92. The van der Waals surface area contributed by atoms with Gasteiger partial charge in [-0.15, -0.1) is 11.3 Å². The van der Waals surface area contributed by atoms with E-state index in [2.05, 4.69) is 5.32 Å². The van der Waals surface area contributed by atoms with Crippen LogP contribution in [0, 0.1) is 23.2 Å². The van der Waals surface area contributed by atoms with E-state index < -0.39 is 5.41 Å². The summed E-state index contributed by atoms with van der Waals surface area (Å²) >= 11 is 1.33. The Hall–Kier alpha value is -1.69. The lowest BCUT2D eigenvalue weighted by Gasteiger charge is -2.20. The Bertz CT molecular complexity index is 718. The third kappa shape index (κ3) is 5.18. The molecule has 2 saturated carbocycles. The second-order valence-corrected chi connectivity index (χ2v) is 10.1. The number of thiophene rings is 1. The van der Waals surface area contributed by atoms with Crippen LogP contribution in [-0.4, -0.2) is 24.3 Å². The fraction of sp³-hybridized carbons (Fsp3) is 0.667. The van der Waals surface area contributed by atoms with Gasteiger partial charge in [-0.25, -0.2) is 0 Å². The SMILES string of the molecule is CC(C)(C)C(=O)NCc1ccc(C(=O)COC(=O)C[C@H]2C[C@@H]3CC[C@@H]2C3)s1. The molecule has 0 unspecified atom stereocenters. The summed E-state index contributed by atoms with van der Waals surface area (Å²) < 4.78 is 5.23. The minimum atomic E-state index is -0.442. The fourth-order valence-electron chi connectivity index (χ4n) is 4.17. The number of hydrogen-bond acceptors (Lipinski definition) is 5. The summed E-state index contributed by atoms with van der Waals surface area (Å²) in [6.07, 6.45) is 5.41. The molecule has 3 rings (SSSR count). The molecule has 148 valence electrons. The van der Waals surface area contributed by atoms with Gasteiger partial charge in [-0.1, -0.05) is 27.2 Å². The molecule has 2 bridgehead atoms. The normalized spacial score (nSPS) is 24.0. The van der Waals surface area contributed by atoms with Crippen molar-refractivity contribution < 1.29 is 19.1 Å². The van der Waals surface area contributed by atoms with Crippen molar-refractivity contribution in [3.05, 3.63) is 21.9 Å². The first kappa shape index (κ1) is 20.1. The van der Waals surface area contributed by atoms with Crippen LogP contribution in [-0.2, 0) is 20.9 Å². The predicted octanol–water partition coefficient (Wildman–Crippen LogP) is 3.96. The Kier molecular flexibility index (Phi) is 6.04. The number of ketones is 1. The zero-order valence-electron chi connectivity index (χ0n) is 16.4. The van der Waals surface area contributed by atoms with Crippen molar-refractivity contribution in [2.75, 3.05) is 6.61 Å². The molecule has 0 saturated heterocycles. The fourth-order valence-corrected chi connectivity index (χ4v) is 5.04. The number of fused-ring (bicyclic) bond motifs is 2. The number of ether oxygens (including phenoxy) is 1. The second kappa shape index (κ2) is 8.13. The summed E-state index contributed by atoms with van der Waals surface area (Å²) in [5.74, 6) is 1.47. The molecular formula is C21H29NO4S. The summed E-state index contributed by atoms with van der Waals surface area (Å²) in [4.78, 5) is 37.7. The summed E-state index contributed by atoms with van der Waals surface area (Å²) in [5, 5.41) is 2.87. The molecule has 0 aromatic carbocycles. The minimum absolute atomic E-state index is 0.0293. The van der Waals surface area contributed by atoms with E-state index >= 15 is 0 Å². The van der Waals surface area contributed by atoms with Gasteiger partial charge in [-0.3, -0.25) is 14.4 Å². The van der Waals surface area contributed by atoms with Crippen LogP contribution < -0.4 is 5.32 Å². The minimum Gasteiger partial charge on any atom is -0.457 e. The lowest BCUT2D eigenvalue weighted by Crippen LogP contribution is -2.34. The molecule has 0 radical (unpaired) electrons. The van der Waals surface area contributed by atoms with Crippen LogP contribution in [0.3, 0.4) is 0 Å². The summed E-state index contributed by atoms with van der Waals surface area (Å²) in [6, 6.07) is 3.56. The van der Waals surface area contributed by atoms with Crippen molar-refractivity contribution in [3.63, 3.8) is 0 Å². The molecule has 0 aliphatic heterocycles. The van der Waals surface area contributed by atoms with Gasteiger partial charge in [0, 0.05) is 16.7 Å². The molecule has 2 aliphatic rings. The van der Waals surface area contributed by atoms with Crippen molar-refractivity contribution in [1.82, 2.24) is 5.32 Å². The smallest absolute Gasteiger partial charge is 0.306 e. The molecule has 1 aromatic rings. The number of amides is 1. The Morgan fingerprint density at radius 1 is 1.19 bits per heavy atom. The van der Waals surface area contributed by atoms with Gasteiger partial charge >= 0.3 is 5.97 Å². The van der Waals surface area contributed by atoms with Crippen molar-refractivity contribution >= 4 is 29.0 Å². The first-order valence-electron chi connectivity index (χ1n) is 9.78. The Balaban J connectivity index is 1.41. The molecule has 3 atom stereocenters. The van der Waals surface area contributed by atoms with Gasteiger partial charge in [0.2, 0.25) is 11.7 Å². The first-order chi connectivity index (χ1) is 12.7. The lowest BCUT2D eigenvalue weighted by molar-refractivity contribution is -0.144. The first-order valence-corrected chi connectivity index (χ1v) is 10.6. The van der Waals surface area contributed by atoms with Crippen molar-refractivity contribution in [2.45, 2.75) is 59.4 Å². The van der Waals surface area contributed by atoms with Crippen molar-refractivity contribution in [1.29, 1.82) is 0 Å².